The Kier molecular flexibility index (Phi) is 5.63. The summed E-state index contributed by atoms with van der Waals surface area (Å²) in [6.45, 7) is 5.34. The summed E-state index contributed by atoms with van der Waals surface area (Å²) in [4.78, 5) is 2.46. The SMILES string of the molecule is CC(C)N(CCCl)C(c1ccccc1)c1ccccc1. The summed E-state index contributed by atoms with van der Waals surface area (Å²) in [5.41, 5.74) is 2.63. The number of halogens is 1. The molecule has 0 unspecified atom stereocenters. The molecule has 0 saturated heterocycles. The van der Waals surface area contributed by atoms with Gasteiger partial charge in [0, 0.05) is 18.5 Å². The maximum Gasteiger partial charge on any atom is 0.0604 e. The first-order valence-corrected chi connectivity index (χ1v) is 7.69. The fraction of sp³-hybridized carbons (Fsp3) is 0.333. The fourth-order valence-electron chi connectivity index (χ4n) is 2.63. The molecule has 2 aromatic rings. The van der Waals surface area contributed by atoms with Crippen LogP contribution >= 0.6 is 11.6 Å². The highest BCUT2D eigenvalue weighted by molar-refractivity contribution is 6.18. The van der Waals surface area contributed by atoms with Crippen LogP contribution in [0.3, 0.4) is 0 Å². The molecule has 20 heavy (non-hydrogen) atoms. The van der Waals surface area contributed by atoms with Crippen LogP contribution in [0.25, 0.3) is 0 Å². The van der Waals surface area contributed by atoms with E-state index in [0.29, 0.717) is 11.9 Å². The van der Waals surface area contributed by atoms with Gasteiger partial charge < -0.3 is 0 Å². The summed E-state index contributed by atoms with van der Waals surface area (Å²) < 4.78 is 0. The van der Waals surface area contributed by atoms with Gasteiger partial charge in [0.2, 0.25) is 0 Å². The van der Waals surface area contributed by atoms with Crippen molar-refractivity contribution in [2.75, 3.05) is 12.4 Å². The number of benzene rings is 2. The molecular formula is C18H22ClN. The molecule has 0 fully saturated rings. The Balaban J connectivity index is 2.43. The van der Waals surface area contributed by atoms with Crippen LogP contribution in [0.4, 0.5) is 0 Å². The van der Waals surface area contributed by atoms with E-state index in [1.807, 2.05) is 0 Å². The molecule has 0 bridgehead atoms. The lowest BCUT2D eigenvalue weighted by Crippen LogP contribution is -2.37. The Morgan fingerprint density at radius 1 is 0.850 bits per heavy atom. The molecule has 0 atom stereocenters. The first-order valence-electron chi connectivity index (χ1n) is 7.15. The Morgan fingerprint density at radius 3 is 1.65 bits per heavy atom. The molecule has 2 aromatic carbocycles. The van der Waals surface area contributed by atoms with Gasteiger partial charge >= 0.3 is 0 Å². The molecule has 0 aliphatic carbocycles. The molecule has 0 radical (unpaired) electrons. The van der Waals surface area contributed by atoms with Gasteiger partial charge in [0.25, 0.3) is 0 Å². The van der Waals surface area contributed by atoms with Crippen LogP contribution in [-0.2, 0) is 0 Å². The number of rotatable bonds is 6. The van der Waals surface area contributed by atoms with Crippen LogP contribution in [0.15, 0.2) is 60.7 Å². The second kappa shape index (κ2) is 7.47. The maximum atomic E-state index is 6.02. The van der Waals surface area contributed by atoms with E-state index >= 15 is 0 Å². The van der Waals surface area contributed by atoms with Crippen molar-refractivity contribution < 1.29 is 0 Å². The minimum absolute atomic E-state index is 0.260. The van der Waals surface area contributed by atoms with E-state index in [4.69, 9.17) is 11.6 Å². The second-order valence-corrected chi connectivity index (χ2v) is 5.62. The van der Waals surface area contributed by atoms with E-state index in [1.165, 1.54) is 11.1 Å². The van der Waals surface area contributed by atoms with Crippen LogP contribution in [0.5, 0.6) is 0 Å². The minimum atomic E-state index is 0.260. The standard InChI is InChI=1S/C18H22ClN/c1-15(2)20(14-13-19)18(16-9-5-3-6-10-16)17-11-7-4-8-12-17/h3-12,15,18H,13-14H2,1-2H3. The predicted molar refractivity (Wildman–Crippen MR) is 87.3 cm³/mol. The van der Waals surface area contributed by atoms with Gasteiger partial charge in [0.05, 0.1) is 6.04 Å². The first kappa shape index (κ1) is 15.1. The summed E-state index contributed by atoms with van der Waals surface area (Å²) in [6, 6.07) is 22.0. The van der Waals surface area contributed by atoms with Gasteiger partial charge in [0.1, 0.15) is 0 Å². The second-order valence-electron chi connectivity index (χ2n) is 5.24. The van der Waals surface area contributed by atoms with Gasteiger partial charge in [-0.05, 0) is 25.0 Å². The van der Waals surface area contributed by atoms with Crippen LogP contribution in [0.2, 0.25) is 0 Å². The highest BCUT2D eigenvalue weighted by Gasteiger charge is 2.23. The molecule has 0 amide bonds. The quantitative estimate of drug-likeness (QED) is 0.695. The number of nitrogens with zero attached hydrogens (tertiary/aromatic N) is 1. The molecule has 0 saturated carbocycles. The molecule has 0 N–H and O–H groups in total. The molecular weight excluding hydrogens is 266 g/mol. The molecule has 2 rings (SSSR count). The zero-order chi connectivity index (χ0) is 14.4. The maximum absolute atomic E-state index is 6.02. The smallest absolute Gasteiger partial charge is 0.0604 e. The van der Waals surface area contributed by atoms with Gasteiger partial charge in [-0.1, -0.05) is 60.7 Å². The largest absolute Gasteiger partial charge is 0.289 e. The lowest BCUT2D eigenvalue weighted by molar-refractivity contribution is 0.189. The van der Waals surface area contributed by atoms with Crippen LogP contribution in [-0.4, -0.2) is 23.4 Å². The lowest BCUT2D eigenvalue weighted by atomic mass is 9.96. The summed E-state index contributed by atoms with van der Waals surface area (Å²) >= 11 is 6.02. The molecule has 106 valence electrons. The summed E-state index contributed by atoms with van der Waals surface area (Å²) in [7, 11) is 0. The average Bonchev–Trinajstić information content (AvgIpc) is 2.49. The van der Waals surface area contributed by atoms with Crippen molar-refractivity contribution in [3.05, 3.63) is 71.8 Å². The Labute approximate surface area is 127 Å². The summed E-state index contributed by atoms with van der Waals surface area (Å²) in [5.74, 6) is 0.647. The van der Waals surface area contributed by atoms with E-state index in [2.05, 4.69) is 79.4 Å². The normalized spacial score (nSPS) is 11.5. The zero-order valence-corrected chi connectivity index (χ0v) is 12.9. The van der Waals surface area contributed by atoms with Crippen molar-refractivity contribution >= 4 is 11.6 Å². The summed E-state index contributed by atoms with van der Waals surface area (Å²) in [6.07, 6.45) is 0. The fourth-order valence-corrected chi connectivity index (χ4v) is 2.82. The number of hydrogen-bond donors (Lipinski definition) is 0. The third-order valence-electron chi connectivity index (χ3n) is 3.57. The third kappa shape index (κ3) is 3.62. The summed E-state index contributed by atoms with van der Waals surface area (Å²) in [5, 5.41) is 0. The minimum Gasteiger partial charge on any atom is -0.289 e. The van der Waals surface area contributed by atoms with Crippen LogP contribution in [0, 0.1) is 0 Å². The van der Waals surface area contributed by atoms with Gasteiger partial charge in [-0.3, -0.25) is 4.90 Å². The first-order chi connectivity index (χ1) is 9.74. The third-order valence-corrected chi connectivity index (χ3v) is 3.74. The zero-order valence-electron chi connectivity index (χ0n) is 12.2. The average molecular weight is 288 g/mol. The van der Waals surface area contributed by atoms with Gasteiger partial charge in [-0.15, -0.1) is 11.6 Å². The highest BCUT2D eigenvalue weighted by Crippen LogP contribution is 2.30. The van der Waals surface area contributed by atoms with E-state index < -0.39 is 0 Å². The van der Waals surface area contributed by atoms with Gasteiger partial charge in [-0.25, -0.2) is 0 Å². The van der Waals surface area contributed by atoms with Crippen molar-refractivity contribution in [1.29, 1.82) is 0 Å². The molecule has 1 nitrogen and oxygen atoms in total. The van der Waals surface area contributed by atoms with E-state index in [9.17, 15) is 0 Å². The molecule has 0 aromatic heterocycles. The Bertz CT molecular complexity index is 456. The van der Waals surface area contributed by atoms with Crippen LogP contribution in [0.1, 0.15) is 31.0 Å². The molecule has 2 heteroatoms. The number of hydrogen-bond acceptors (Lipinski definition) is 1. The van der Waals surface area contributed by atoms with Gasteiger partial charge in [0.15, 0.2) is 0 Å². The highest BCUT2D eigenvalue weighted by atomic mass is 35.5. The van der Waals surface area contributed by atoms with E-state index in [-0.39, 0.29) is 6.04 Å². The monoisotopic (exact) mass is 287 g/mol. The van der Waals surface area contributed by atoms with Gasteiger partial charge in [-0.2, -0.15) is 0 Å². The number of alkyl halides is 1. The molecule has 0 aliphatic rings. The van der Waals surface area contributed by atoms with E-state index in [0.717, 1.165) is 6.54 Å². The van der Waals surface area contributed by atoms with E-state index in [1.54, 1.807) is 0 Å². The lowest BCUT2D eigenvalue weighted by Gasteiger charge is -2.35. The molecule has 0 spiro atoms. The van der Waals surface area contributed by atoms with Crippen molar-refractivity contribution in [2.24, 2.45) is 0 Å². The molecule has 0 heterocycles. The Morgan fingerprint density at radius 2 is 1.30 bits per heavy atom. The molecule has 0 aliphatic heterocycles. The Hall–Kier alpha value is -1.31. The predicted octanol–water partition coefficient (Wildman–Crippen LogP) is 4.73. The van der Waals surface area contributed by atoms with Crippen molar-refractivity contribution in [2.45, 2.75) is 25.9 Å². The topological polar surface area (TPSA) is 3.24 Å². The van der Waals surface area contributed by atoms with Crippen molar-refractivity contribution in [3.8, 4) is 0 Å². The van der Waals surface area contributed by atoms with Crippen molar-refractivity contribution in [1.82, 2.24) is 4.90 Å². The van der Waals surface area contributed by atoms with Crippen molar-refractivity contribution in [3.63, 3.8) is 0 Å². The van der Waals surface area contributed by atoms with Crippen LogP contribution < -0.4 is 0 Å².